The molecule has 26 heavy (non-hydrogen) atoms. The van der Waals surface area contributed by atoms with Crippen LogP contribution >= 0.6 is 23.2 Å². The van der Waals surface area contributed by atoms with Crippen LogP contribution in [0.2, 0.25) is 10.0 Å². The van der Waals surface area contributed by atoms with E-state index in [1.54, 1.807) is 23.1 Å². The monoisotopic (exact) mass is 398 g/mol. The zero-order valence-electron chi connectivity index (χ0n) is 14.2. The predicted octanol–water partition coefficient (Wildman–Crippen LogP) is 2.71. The summed E-state index contributed by atoms with van der Waals surface area (Å²) in [5.41, 5.74) is 0.560. The number of hydrogen-bond donors (Lipinski definition) is 0. The van der Waals surface area contributed by atoms with E-state index in [4.69, 9.17) is 32.7 Å². The number of amides is 2. The normalized spacial score (nSPS) is 25.3. The maximum absolute atomic E-state index is 12.9. The van der Waals surface area contributed by atoms with Gasteiger partial charge in [0.1, 0.15) is 0 Å². The first-order chi connectivity index (χ1) is 12.5. The zero-order chi connectivity index (χ0) is 18.3. The Kier molecular flexibility index (Phi) is 4.86. The van der Waals surface area contributed by atoms with E-state index < -0.39 is 5.79 Å². The molecule has 0 aromatic heterocycles. The molecule has 1 aromatic rings. The quantitative estimate of drug-likeness (QED) is 0.768. The molecule has 3 aliphatic rings. The van der Waals surface area contributed by atoms with Gasteiger partial charge in [-0.05, 0) is 12.1 Å². The molecular formula is C18H20Cl2N2O4. The van der Waals surface area contributed by atoms with Gasteiger partial charge in [0.15, 0.2) is 5.79 Å². The summed E-state index contributed by atoms with van der Waals surface area (Å²) in [6.07, 6.45) is 1.53. The van der Waals surface area contributed by atoms with E-state index in [1.807, 2.05) is 4.90 Å². The molecule has 0 bridgehead atoms. The van der Waals surface area contributed by atoms with Crippen LogP contribution in [0.5, 0.6) is 0 Å². The summed E-state index contributed by atoms with van der Waals surface area (Å²) in [5, 5.41) is 0.732. The number of halogens is 2. The number of carbonyl (C=O) groups is 2. The standard InChI is InChI=1S/C18H20Cl2N2O4/c19-13-2-1-3-14(16(13)20)22-11-12(10-15(22)23)17(24)21-6-4-18(5-7-21)25-8-9-26-18/h1-3,12H,4-11H2. The molecule has 3 fully saturated rings. The molecular weight excluding hydrogens is 379 g/mol. The second kappa shape index (κ2) is 7.00. The summed E-state index contributed by atoms with van der Waals surface area (Å²) in [6.45, 7) is 2.72. The number of ether oxygens (including phenoxy) is 2. The molecule has 3 aliphatic heterocycles. The predicted molar refractivity (Wildman–Crippen MR) is 97.4 cm³/mol. The van der Waals surface area contributed by atoms with Crippen molar-refractivity contribution < 1.29 is 19.1 Å². The minimum Gasteiger partial charge on any atom is -0.347 e. The van der Waals surface area contributed by atoms with E-state index in [0.717, 1.165) is 0 Å². The fourth-order valence-electron chi connectivity index (χ4n) is 3.92. The summed E-state index contributed by atoms with van der Waals surface area (Å²) < 4.78 is 11.4. The second-order valence-corrected chi connectivity index (χ2v) is 7.70. The fraction of sp³-hybridized carbons (Fsp3) is 0.556. The van der Waals surface area contributed by atoms with Crippen molar-refractivity contribution in [2.45, 2.75) is 25.0 Å². The smallest absolute Gasteiger partial charge is 0.228 e. The lowest BCUT2D eigenvalue weighted by molar-refractivity contribution is -0.188. The molecule has 0 saturated carbocycles. The van der Waals surface area contributed by atoms with Gasteiger partial charge in [-0.15, -0.1) is 0 Å². The molecule has 3 heterocycles. The van der Waals surface area contributed by atoms with Gasteiger partial charge < -0.3 is 19.3 Å². The van der Waals surface area contributed by atoms with E-state index in [9.17, 15) is 9.59 Å². The summed E-state index contributed by atoms with van der Waals surface area (Å²) in [4.78, 5) is 28.7. The average molecular weight is 399 g/mol. The fourth-order valence-corrected chi connectivity index (χ4v) is 4.32. The molecule has 6 nitrogen and oxygen atoms in total. The van der Waals surface area contributed by atoms with Crippen molar-refractivity contribution in [2.75, 3.05) is 37.7 Å². The lowest BCUT2D eigenvalue weighted by Crippen LogP contribution is -2.49. The molecule has 0 radical (unpaired) electrons. The topological polar surface area (TPSA) is 59.1 Å². The van der Waals surface area contributed by atoms with Crippen molar-refractivity contribution in [3.05, 3.63) is 28.2 Å². The Morgan fingerprint density at radius 2 is 1.85 bits per heavy atom. The number of rotatable bonds is 2. The van der Waals surface area contributed by atoms with Crippen LogP contribution in [0.1, 0.15) is 19.3 Å². The van der Waals surface area contributed by atoms with Gasteiger partial charge in [-0.3, -0.25) is 9.59 Å². The third-order valence-corrected chi connectivity index (χ3v) is 6.16. The van der Waals surface area contributed by atoms with Crippen LogP contribution in [-0.2, 0) is 19.1 Å². The van der Waals surface area contributed by atoms with Gasteiger partial charge in [0, 0.05) is 38.9 Å². The maximum atomic E-state index is 12.9. The Morgan fingerprint density at radius 3 is 2.54 bits per heavy atom. The highest BCUT2D eigenvalue weighted by Gasteiger charge is 2.43. The minimum absolute atomic E-state index is 0.00634. The number of carbonyl (C=O) groups excluding carboxylic acids is 2. The van der Waals surface area contributed by atoms with E-state index in [0.29, 0.717) is 61.4 Å². The first kappa shape index (κ1) is 18.0. The SMILES string of the molecule is O=C(C1CC(=O)N(c2cccc(Cl)c2Cl)C1)N1CCC2(CC1)OCCO2. The first-order valence-electron chi connectivity index (χ1n) is 8.80. The maximum Gasteiger partial charge on any atom is 0.228 e. The molecule has 1 spiro atoms. The molecule has 3 saturated heterocycles. The van der Waals surface area contributed by atoms with Gasteiger partial charge in [0.25, 0.3) is 0 Å². The number of benzene rings is 1. The molecule has 0 aliphatic carbocycles. The Bertz CT molecular complexity index is 726. The van der Waals surface area contributed by atoms with Crippen LogP contribution in [-0.4, -0.2) is 55.3 Å². The Labute approximate surface area is 161 Å². The Hall–Kier alpha value is -1.34. The molecule has 140 valence electrons. The number of nitrogens with zero attached hydrogens (tertiary/aromatic N) is 2. The summed E-state index contributed by atoms with van der Waals surface area (Å²) in [7, 11) is 0. The largest absolute Gasteiger partial charge is 0.347 e. The number of likely N-dealkylation sites (tertiary alicyclic amines) is 1. The van der Waals surface area contributed by atoms with Crippen LogP contribution in [0.4, 0.5) is 5.69 Å². The highest BCUT2D eigenvalue weighted by molar-refractivity contribution is 6.44. The van der Waals surface area contributed by atoms with Gasteiger partial charge in [0.05, 0.1) is 34.9 Å². The Morgan fingerprint density at radius 1 is 1.15 bits per heavy atom. The lowest BCUT2D eigenvalue weighted by Gasteiger charge is -2.38. The summed E-state index contributed by atoms with van der Waals surface area (Å²) in [6, 6.07) is 5.17. The van der Waals surface area contributed by atoms with Crippen molar-refractivity contribution in [2.24, 2.45) is 5.92 Å². The van der Waals surface area contributed by atoms with Gasteiger partial charge >= 0.3 is 0 Å². The van der Waals surface area contributed by atoms with Gasteiger partial charge in [0.2, 0.25) is 11.8 Å². The number of anilines is 1. The van der Waals surface area contributed by atoms with Crippen LogP contribution in [0, 0.1) is 5.92 Å². The highest BCUT2D eigenvalue weighted by Crippen LogP contribution is 2.37. The molecule has 4 rings (SSSR count). The van der Waals surface area contributed by atoms with Crippen LogP contribution < -0.4 is 4.90 Å². The van der Waals surface area contributed by atoms with Crippen molar-refractivity contribution >= 4 is 40.7 Å². The van der Waals surface area contributed by atoms with Crippen LogP contribution in [0.15, 0.2) is 18.2 Å². The van der Waals surface area contributed by atoms with Crippen molar-refractivity contribution in [3.63, 3.8) is 0 Å². The zero-order valence-corrected chi connectivity index (χ0v) is 15.8. The molecule has 2 amide bonds. The molecule has 8 heteroatoms. The highest BCUT2D eigenvalue weighted by atomic mass is 35.5. The molecule has 1 atom stereocenters. The van der Waals surface area contributed by atoms with Gasteiger partial charge in [-0.2, -0.15) is 0 Å². The van der Waals surface area contributed by atoms with Crippen LogP contribution in [0.3, 0.4) is 0 Å². The first-order valence-corrected chi connectivity index (χ1v) is 9.56. The van der Waals surface area contributed by atoms with Crippen LogP contribution in [0.25, 0.3) is 0 Å². The lowest BCUT2D eigenvalue weighted by atomic mass is 10.0. The average Bonchev–Trinajstić information content (AvgIpc) is 3.25. The minimum atomic E-state index is -0.511. The Balaban J connectivity index is 1.42. The third-order valence-electron chi connectivity index (χ3n) is 5.35. The van der Waals surface area contributed by atoms with Gasteiger partial charge in [-0.25, -0.2) is 0 Å². The van der Waals surface area contributed by atoms with E-state index in [1.165, 1.54) is 0 Å². The van der Waals surface area contributed by atoms with E-state index in [2.05, 4.69) is 0 Å². The third kappa shape index (κ3) is 3.20. The van der Waals surface area contributed by atoms with E-state index in [-0.39, 0.29) is 24.2 Å². The van der Waals surface area contributed by atoms with Crippen molar-refractivity contribution in [3.8, 4) is 0 Å². The van der Waals surface area contributed by atoms with Crippen molar-refractivity contribution in [1.29, 1.82) is 0 Å². The number of piperidine rings is 1. The molecule has 1 unspecified atom stereocenters. The van der Waals surface area contributed by atoms with Crippen molar-refractivity contribution in [1.82, 2.24) is 4.90 Å². The number of hydrogen-bond acceptors (Lipinski definition) is 4. The summed E-state index contributed by atoms with van der Waals surface area (Å²) >= 11 is 12.3. The molecule has 1 aromatic carbocycles. The van der Waals surface area contributed by atoms with E-state index >= 15 is 0 Å². The second-order valence-electron chi connectivity index (χ2n) is 6.91. The molecule has 0 N–H and O–H groups in total. The van der Waals surface area contributed by atoms with Gasteiger partial charge in [-0.1, -0.05) is 29.3 Å². The summed E-state index contributed by atoms with van der Waals surface area (Å²) in [5.74, 6) is -0.977.